The van der Waals surface area contributed by atoms with E-state index in [1.807, 2.05) is 32.0 Å². The Labute approximate surface area is 106 Å². The third-order valence-electron chi connectivity index (χ3n) is 2.92. The van der Waals surface area contributed by atoms with Crippen LogP contribution in [0.2, 0.25) is 0 Å². The van der Waals surface area contributed by atoms with Crippen molar-refractivity contribution >= 4 is 17.6 Å². The lowest BCUT2D eigenvalue weighted by Crippen LogP contribution is -2.43. The van der Waals surface area contributed by atoms with E-state index in [2.05, 4.69) is 0 Å². The highest BCUT2D eigenvalue weighted by atomic mass is 16.4. The molecule has 3 N–H and O–H groups in total. The van der Waals surface area contributed by atoms with E-state index in [1.165, 1.54) is 4.90 Å². The Morgan fingerprint density at radius 3 is 2.44 bits per heavy atom. The van der Waals surface area contributed by atoms with Crippen LogP contribution in [0.15, 0.2) is 18.2 Å². The van der Waals surface area contributed by atoms with Gasteiger partial charge in [-0.3, -0.25) is 9.59 Å². The predicted octanol–water partition coefficient (Wildman–Crippen LogP) is 1.07. The molecule has 1 atom stereocenters. The number of likely N-dealkylation sites (N-methyl/N-ethyl adjacent to an activating group) is 1. The lowest BCUT2D eigenvalue weighted by atomic mass is 10.1. The number of aryl methyl sites for hydroxylation is 2. The van der Waals surface area contributed by atoms with E-state index >= 15 is 0 Å². The van der Waals surface area contributed by atoms with Crippen LogP contribution < -0.4 is 10.6 Å². The number of rotatable bonds is 4. The Balaban J connectivity index is 2.85. The number of carbonyl (C=O) groups excluding carboxylic acids is 1. The zero-order valence-corrected chi connectivity index (χ0v) is 10.8. The molecule has 0 saturated carbocycles. The van der Waals surface area contributed by atoms with Crippen LogP contribution >= 0.6 is 0 Å². The number of nitrogens with two attached hydrogens (primary N) is 1. The van der Waals surface area contributed by atoms with Gasteiger partial charge in [-0.2, -0.15) is 0 Å². The second kappa shape index (κ2) is 5.64. The molecule has 1 aromatic carbocycles. The number of hydrogen-bond acceptors (Lipinski definition) is 3. The molecule has 1 rings (SSSR count). The minimum Gasteiger partial charge on any atom is -0.481 e. The Bertz CT molecular complexity index is 471. The van der Waals surface area contributed by atoms with Gasteiger partial charge in [-0.25, -0.2) is 0 Å². The fourth-order valence-corrected chi connectivity index (χ4v) is 1.59. The molecule has 98 valence electrons. The molecule has 5 heteroatoms. The van der Waals surface area contributed by atoms with Crippen molar-refractivity contribution < 1.29 is 14.7 Å². The first kappa shape index (κ1) is 14.2. The molecule has 1 unspecified atom stereocenters. The van der Waals surface area contributed by atoms with E-state index in [4.69, 9.17) is 10.8 Å². The summed E-state index contributed by atoms with van der Waals surface area (Å²) in [6, 6.07) is 4.58. The standard InChI is InChI=1S/C13H18N2O3/c1-8-4-5-10(6-9(8)2)15(3)13(18)11(14)7-12(16)17/h4-6,11H,7,14H2,1-3H3,(H,16,17). The van der Waals surface area contributed by atoms with Gasteiger partial charge in [0.25, 0.3) is 0 Å². The van der Waals surface area contributed by atoms with Crippen molar-refractivity contribution in [2.45, 2.75) is 26.3 Å². The van der Waals surface area contributed by atoms with Crippen molar-refractivity contribution in [2.75, 3.05) is 11.9 Å². The van der Waals surface area contributed by atoms with Crippen molar-refractivity contribution in [1.82, 2.24) is 0 Å². The summed E-state index contributed by atoms with van der Waals surface area (Å²) in [5, 5.41) is 8.61. The van der Waals surface area contributed by atoms with Crippen LogP contribution in [0.1, 0.15) is 17.5 Å². The number of nitrogens with zero attached hydrogens (tertiary/aromatic N) is 1. The summed E-state index contributed by atoms with van der Waals surface area (Å²) in [5.41, 5.74) is 8.47. The Morgan fingerprint density at radius 1 is 1.33 bits per heavy atom. The van der Waals surface area contributed by atoms with E-state index < -0.39 is 17.9 Å². The summed E-state index contributed by atoms with van der Waals surface area (Å²) in [6.07, 6.45) is -0.367. The summed E-state index contributed by atoms with van der Waals surface area (Å²) < 4.78 is 0. The fraction of sp³-hybridized carbons (Fsp3) is 0.385. The van der Waals surface area contributed by atoms with Crippen molar-refractivity contribution in [1.29, 1.82) is 0 Å². The van der Waals surface area contributed by atoms with E-state index in [0.29, 0.717) is 5.69 Å². The summed E-state index contributed by atoms with van der Waals surface area (Å²) in [4.78, 5) is 23.8. The van der Waals surface area contributed by atoms with Crippen molar-refractivity contribution in [3.63, 3.8) is 0 Å². The SMILES string of the molecule is Cc1ccc(N(C)C(=O)C(N)CC(=O)O)cc1C. The van der Waals surface area contributed by atoms with Crippen molar-refractivity contribution in [2.24, 2.45) is 5.73 Å². The van der Waals surface area contributed by atoms with E-state index in [-0.39, 0.29) is 6.42 Å². The van der Waals surface area contributed by atoms with Gasteiger partial charge >= 0.3 is 5.97 Å². The molecule has 0 aromatic heterocycles. The molecular formula is C13H18N2O3. The van der Waals surface area contributed by atoms with Crippen LogP contribution in [-0.4, -0.2) is 30.1 Å². The van der Waals surface area contributed by atoms with Crippen molar-refractivity contribution in [3.05, 3.63) is 29.3 Å². The number of benzene rings is 1. The van der Waals surface area contributed by atoms with Gasteiger partial charge in [-0.05, 0) is 37.1 Å². The lowest BCUT2D eigenvalue weighted by Gasteiger charge is -2.21. The maximum absolute atomic E-state index is 11.9. The van der Waals surface area contributed by atoms with Crippen LogP contribution in [-0.2, 0) is 9.59 Å². The molecule has 18 heavy (non-hydrogen) atoms. The number of hydrogen-bond donors (Lipinski definition) is 2. The Morgan fingerprint density at radius 2 is 1.94 bits per heavy atom. The normalized spacial score (nSPS) is 12.0. The molecule has 0 radical (unpaired) electrons. The number of carbonyl (C=O) groups is 2. The highest BCUT2D eigenvalue weighted by Crippen LogP contribution is 2.18. The van der Waals surface area contributed by atoms with E-state index in [0.717, 1.165) is 11.1 Å². The molecule has 1 amide bonds. The quantitative estimate of drug-likeness (QED) is 0.837. The smallest absolute Gasteiger partial charge is 0.305 e. The summed E-state index contributed by atoms with van der Waals surface area (Å²) in [7, 11) is 1.59. The molecule has 0 fully saturated rings. The van der Waals surface area contributed by atoms with Gasteiger partial charge in [0.05, 0.1) is 12.5 Å². The second-order valence-electron chi connectivity index (χ2n) is 4.37. The van der Waals surface area contributed by atoms with Gasteiger partial charge in [0.1, 0.15) is 0 Å². The van der Waals surface area contributed by atoms with Crippen molar-refractivity contribution in [3.8, 4) is 0 Å². The average Bonchev–Trinajstić information content (AvgIpc) is 2.30. The number of anilines is 1. The highest BCUT2D eigenvalue weighted by Gasteiger charge is 2.21. The third-order valence-corrected chi connectivity index (χ3v) is 2.92. The van der Waals surface area contributed by atoms with Crippen LogP contribution in [0, 0.1) is 13.8 Å². The summed E-state index contributed by atoms with van der Waals surface area (Å²) in [6.45, 7) is 3.94. The topological polar surface area (TPSA) is 83.6 Å². The fourth-order valence-electron chi connectivity index (χ4n) is 1.59. The van der Waals surface area contributed by atoms with E-state index in [9.17, 15) is 9.59 Å². The maximum atomic E-state index is 11.9. The highest BCUT2D eigenvalue weighted by molar-refractivity contribution is 5.98. The zero-order valence-electron chi connectivity index (χ0n) is 10.8. The first-order valence-corrected chi connectivity index (χ1v) is 5.65. The molecule has 0 aliphatic carbocycles. The Kier molecular flexibility index (Phi) is 4.44. The zero-order chi connectivity index (χ0) is 13.9. The number of carboxylic acid groups (broad SMARTS) is 1. The summed E-state index contributed by atoms with van der Waals surface area (Å²) >= 11 is 0. The third kappa shape index (κ3) is 3.30. The molecule has 0 heterocycles. The van der Waals surface area contributed by atoms with Gasteiger partial charge < -0.3 is 15.7 Å². The molecule has 0 aliphatic rings. The van der Waals surface area contributed by atoms with Gasteiger partial charge in [0.2, 0.25) is 5.91 Å². The van der Waals surface area contributed by atoms with Crippen LogP contribution in [0.25, 0.3) is 0 Å². The van der Waals surface area contributed by atoms with E-state index in [1.54, 1.807) is 7.05 Å². The Hall–Kier alpha value is -1.88. The number of carboxylic acids is 1. The lowest BCUT2D eigenvalue weighted by molar-refractivity contribution is -0.139. The number of aliphatic carboxylic acids is 1. The maximum Gasteiger partial charge on any atom is 0.305 e. The summed E-state index contributed by atoms with van der Waals surface area (Å²) in [5.74, 6) is -1.48. The van der Waals surface area contributed by atoms with Gasteiger partial charge in [-0.15, -0.1) is 0 Å². The molecule has 1 aromatic rings. The number of amides is 1. The predicted molar refractivity (Wildman–Crippen MR) is 69.6 cm³/mol. The molecule has 0 saturated heterocycles. The largest absolute Gasteiger partial charge is 0.481 e. The monoisotopic (exact) mass is 250 g/mol. The first-order valence-electron chi connectivity index (χ1n) is 5.65. The van der Waals surface area contributed by atoms with Gasteiger partial charge in [-0.1, -0.05) is 6.07 Å². The molecule has 5 nitrogen and oxygen atoms in total. The molecule has 0 spiro atoms. The molecule has 0 bridgehead atoms. The van der Waals surface area contributed by atoms with Crippen LogP contribution in [0.5, 0.6) is 0 Å². The first-order chi connectivity index (χ1) is 8.32. The minimum absolute atomic E-state index is 0.367. The van der Waals surface area contributed by atoms with Gasteiger partial charge in [0, 0.05) is 12.7 Å². The second-order valence-corrected chi connectivity index (χ2v) is 4.37. The minimum atomic E-state index is -1.08. The van der Waals surface area contributed by atoms with Crippen LogP contribution in [0.4, 0.5) is 5.69 Å². The van der Waals surface area contributed by atoms with Gasteiger partial charge in [0.15, 0.2) is 0 Å². The molecular weight excluding hydrogens is 232 g/mol. The van der Waals surface area contributed by atoms with Crippen LogP contribution in [0.3, 0.4) is 0 Å². The molecule has 0 aliphatic heterocycles. The average molecular weight is 250 g/mol.